The maximum absolute atomic E-state index is 12.9. The first kappa shape index (κ1) is 13.7. The molecule has 0 atom stereocenters. The number of carbonyl (C=O) groups is 1. The number of rotatable bonds is 6. The predicted molar refractivity (Wildman–Crippen MR) is 73.1 cm³/mol. The minimum atomic E-state index is -0.893. The van der Waals surface area contributed by atoms with Gasteiger partial charge < -0.3 is 10.4 Å². The number of thiophene rings is 1. The number of aromatic carboxylic acids is 1. The van der Waals surface area contributed by atoms with Gasteiger partial charge in [0.1, 0.15) is 10.7 Å². The van der Waals surface area contributed by atoms with E-state index >= 15 is 0 Å². The smallest absolute Gasteiger partial charge is 0.345 e. The summed E-state index contributed by atoms with van der Waals surface area (Å²) in [6.07, 6.45) is 0.745. The Kier molecular flexibility index (Phi) is 4.65. The largest absolute Gasteiger partial charge is 0.477 e. The number of benzene rings is 1. The quantitative estimate of drug-likeness (QED) is 0.799. The number of hydrogen-bond donors (Lipinski definition) is 2. The SMILES string of the molecule is O=C(O)c1ccc(CNCCc2cccc(F)c2)s1. The van der Waals surface area contributed by atoms with Crippen LogP contribution in [0.1, 0.15) is 20.1 Å². The fraction of sp³-hybridized carbons (Fsp3) is 0.214. The first-order chi connectivity index (χ1) is 9.15. The molecule has 0 fully saturated rings. The van der Waals surface area contributed by atoms with Crippen LogP contribution >= 0.6 is 11.3 Å². The van der Waals surface area contributed by atoms with E-state index in [9.17, 15) is 9.18 Å². The highest BCUT2D eigenvalue weighted by Crippen LogP contribution is 2.16. The molecule has 0 saturated carbocycles. The van der Waals surface area contributed by atoms with Gasteiger partial charge in [0.05, 0.1) is 0 Å². The van der Waals surface area contributed by atoms with Crippen LogP contribution in [0.25, 0.3) is 0 Å². The summed E-state index contributed by atoms with van der Waals surface area (Å²) in [6.45, 7) is 1.36. The first-order valence-corrected chi connectivity index (χ1v) is 6.74. The topological polar surface area (TPSA) is 49.3 Å². The molecule has 2 N–H and O–H groups in total. The fourth-order valence-electron chi connectivity index (χ4n) is 1.72. The molecule has 0 aliphatic heterocycles. The Balaban J connectivity index is 1.76. The van der Waals surface area contributed by atoms with E-state index in [0.717, 1.165) is 23.4 Å². The van der Waals surface area contributed by atoms with Gasteiger partial charge in [-0.25, -0.2) is 9.18 Å². The zero-order valence-corrected chi connectivity index (χ0v) is 11.0. The van der Waals surface area contributed by atoms with Gasteiger partial charge in [-0.2, -0.15) is 0 Å². The van der Waals surface area contributed by atoms with Crippen LogP contribution in [0.2, 0.25) is 0 Å². The van der Waals surface area contributed by atoms with Gasteiger partial charge in [-0.3, -0.25) is 0 Å². The van der Waals surface area contributed by atoms with Gasteiger partial charge in [0, 0.05) is 11.4 Å². The third-order valence-corrected chi connectivity index (χ3v) is 3.72. The lowest BCUT2D eigenvalue weighted by Crippen LogP contribution is -2.15. The molecular weight excluding hydrogens is 265 g/mol. The van der Waals surface area contributed by atoms with Crippen LogP contribution in [0.3, 0.4) is 0 Å². The minimum absolute atomic E-state index is 0.221. The molecule has 3 nitrogen and oxygen atoms in total. The lowest BCUT2D eigenvalue weighted by molar-refractivity contribution is 0.0702. The molecule has 0 unspecified atom stereocenters. The van der Waals surface area contributed by atoms with E-state index in [4.69, 9.17) is 5.11 Å². The molecule has 5 heteroatoms. The molecule has 0 spiro atoms. The number of halogens is 1. The highest BCUT2D eigenvalue weighted by molar-refractivity contribution is 7.13. The summed E-state index contributed by atoms with van der Waals surface area (Å²) in [5, 5.41) is 12.0. The first-order valence-electron chi connectivity index (χ1n) is 5.92. The van der Waals surface area contributed by atoms with Gasteiger partial charge in [0.15, 0.2) is 0 Å². The van der Waals surface area contributed by atoms with Crippen molar-refractivity contribution in [2.45, 2.75) is 13.0 Å². The summed E-state index contributed by atoms with van der Waals surface area (Å²) < 4.78 is 12.9. The van der Waals surface area contributed by atoms with Gasteiger partial charge in [-0.05, 0) is 42.8 Å². The van der Waals surface area contributed by atoms with Crippen molar-refractivity contribution in [3.05, 3.63) is 57.5 Å². The standard InChI is InChI=1S/C14H14FNO2S/c15-11-3-1-2-10(8-11)6-7-16-9-12-4-5-13(19-12)14(17)18/h1-5,8,16H,6-7,9H2,(H,17,18). The van der Waals surface area contributed by atoms with Crippen LogP contribution < -0.4 is 5.32 Å². The summed E-state index contributed by atoms with van der Waals surface area (Å²) in [7, 11) is 0. The molecular formula is C14H14FNO2S. The van der Waals surface area contributed by atoms with Gasteiger partial charge in [0.2, 0.25) is 0 Å². The second-order valence-electron chi connectivity index (χ2n) is 4.13. The van der Waals surface area contributed by atoms with Gasteiger partial charge in [-0.15, -0.1) is 11.3 Å². The maximum Gasteiger partial charge on any atom is 0.345 e. The number of hydrogen-bond acceptors (Lipinski definition) is 3. The average Bonchev–Trinajstić information content (AvgIpc) is 2.84. The van der Waals surface area contributed by atoms with Gasteiger partial charge in [-0.1, -0.05) is 12.1 Å². The average molecular weight is 279 g/mol. The third kappa shape index (κ3) is 4.15. The monoisotopic (exact) mass is 279 g/mol. The van der Waals surface area contributed by atoms with Gasteiger partial charge in [0.25, 0.3) is 0 Å². The van der Waals surface area contributed by atoms with E-state index in [2.05, 4.69) is 5.32 Å². The highest BCUT2D eigenvalue weighted by Gasteiger charge is 2.06. The molecule has 1 heterocycles. The Morgan fingerprint density at radius 3 is 2.84 bits per heavy atom. The Morgan fingerprint density at radius 1 is 1.32 bits per heavy atom. The van der Waals surface area contributed by atoms with Crippen LogP contribution in [0.5, 0.6) is 0 Å². The van der Waals surface area contributed by atoms with Crippen LogP contribution in [0.4, 0.5) is 4.39 Å². The molecule has 0 saturated heterocycles. The van der Waals surface area contributed by atoms with E-state index in [1.54, 1.807) is 12.1 Å². The molecule has 0 aliphatic carbocycles. The molecule has 100 valence electrons. The van der Waals surface area contributed by atoms with Crippen LogP contribution in [0, 0.1) is 5.82 Å². The van der Waals surface area contributed by atoms with Crippen molar-refractivity contribution in [2.24, 2.45) is 0 Å². The zero-order chi connectivity index (χ0) is 13.7. The summed E-state index contributed by atoms with van der Waals surface area (Å²) in [5.41, 5.74) is 0.949. The van der Waals surface area contributed by atoms with Crippen molar-refractivity contribution in [2.75, 3.05) is 6.54 Å². The van der Waals surface area contributed by atoms with Crippen LogP contribution in [0.15, 0.2) is 36.4 Å². The summed E-state index contributed by atoms with van der Waals surface area (Å²) >= 11 is 1.27. The highest BCUT2D eigenvalue weighted by atomic mass is 32.1. The Hall–Kier alpha value is -1.72. The van der Waals surface area contributed by atoms with Crippen LogP contribution in [-0.4, -0.2) is 17.6 Å². The molecule has 2 aromatic rings. The number of carboxylic acids is 1. The van der Waals surface area contributed by atoms with Crippen molar-refractivity contribution < 1.29 is 14.3 Å². The summed E-state index contributed by atoms with van der Waals surface area (Å²) in [5.74, 6) is -1.11. The van der Waals surface area contributed by atoms with Crippen molar-refractivity contribution in [3.63, 3.8) is 0 Å². The third-order valence-electron chi connectivity index (χ3n) is 2.65. The number of carboxylic acid groups (broad SMARTS) is 1. The lowest BCUT2D eigenvalue weighted by Gasteiger charge is -2.03. The second-order valence-corrected chi connectivity index (χ2v) is 5.30. The molecule has 19 heavy (non-hydrogen) atoms. The van der Waals surface area contributed by atoms with Crippen molar-refractivity contribution in [1.29, 1.82) is 0 Å². The summed E-state index contributed by atoms with van der Waals surface area (Å²) in [4.78, 5) is 12.0. The molecule has 1 aromatic heterocycles. The van der Waals surface area contributed by atoms with Crippen molar-refractivity contribution in [1.82, 2.24) is 5.32 Å². The van der Waals surface area contributed by atoms with Gasteiger partial charge >= 0.3 is 5.97 Å². The van der Waals surface area contributed by atoms with E-state index in [1.807, 2.05) is 12.1 Å². The number of nitrogens with one attached hydrogen (secondary N) is 1. The van der Waals surface area contributed by atoms with Crippen molar-refractivity contribution >= 4 is 17.3 Å². The lowest BCUT2D eigenvalue weighted by atomic mass is 10.1. The molecule has 0 amide bonds. The molecule has 0 bridgehead atoms. The fourth-order valence-corrected chi connectivity index (χ4v) is 2.54. The normalized spacial score (nSPS) is 10.6. The summed E-state index contributed by atoms with van der Waals surface area (Å²) in [6, 6.07) is 9.95. The van der Waals surface area contributed by atoms with E-state index in [0.29, 0.717) is 11.4 Å². The molecule has 1 aromatic carbocycles. The van der Waals surface area contributed by atoms with Crippen LogP contribution in [-0.2, 0) is 13.0 Å². The molecule has 2 rings (SSSR count). The van der Waals surface area contributed by atoms with Crippen molar-refractivity contribution in [3.8, 4) is 0 Å². The maximum atomic E-state index is 12.9. The van der Waals surface area contributed by atoms with E-state index < -0.39 is 5.97 Å². The Bertz CT molecular complexity index is 568. The Morgan fingerprint density at radius 2 is 2.16 bits per heavy atom. The molecule has 0 aliphatic rings. The Labute approximate surface area is 114 Å². The zero-order valence-electron chi connectivity index (χ0n) is 10.2. The van der Waals surface area contributed by atoms with E-state index in [-0.39, 0.29) is 5.82 Å². The molecule has 0 radical (unpaired) electrons. The predicted octanol–water partition coefficient (Wildman–Crippen LogP) is 2.92. The second kappa shape index (κ2) is 6.45. The van der Waals surface area contributed by atoms with E-state index in [1.165, 1.54) is 23.5 Å². The minimum Gasteiger partial charge on any atom is -0.477 e.